The summed E-state index contributed by atoms with van der Waals surface area (Å²) < 4.78 is 2.26. The van der Waals surface area contributed by atoms with Gasteiger partial charge in [0, 0.05) is 11.4 Å². The smallest absolute Gasteiger partial charge is 0.0900 e. The Hall–Kier alpha value is -4.70. The lowest BCUT2D eigenvalue weighted by atomic mass is 10.1. The van der Waals surface area contributed by atoms with Crippen LogP contribution in [0.4, 0.5) is 17.1 Å². The highest BCUT2D eigenvalue weighted by Crippen LogP contribution is 2.30. The minimum Gasteiger partial charge on any atom is -0.354 e. The SMILES string of the molecule is c1ccc(N=c2cc3n(-c4ccccc4)c4ccccc4nc-3cc2Nc2ccccc2)cc1. The van der Waals surface area contributed by atoms with Gasteiger partial charge in [-0.25, -0.2) is 9.98 Å². The fraction of sp³-hybridized carbons (Fsp3) is 0. The second kappa shape index (κ2) is 8.68. The van der Waals surface area contributed by atoms with Crippen molar-refractivity contribution < 1.29 is 0 Å². The van der Waals surface area contributed by atoms with Gasteiger partial charge in [-0.1, -0.05) is 66.7 Å². The lowest BCUT2D eigenvalue weighted by Gasteiger charge is -2.20. The Morgan fingerprint density at radius 3 is 2.06 bits per heavy atom. The molecule has 162 valence electrons. The quantitative estimate of drug-likeness (QED) is 0.298. The molecule has 4 aromatic rings. The molecule has 0 radical (unpaired) electrons. The van der Waals surface area contributed by atoms with Gasteiger partial charge in [0.2, 0.25) is 0 Å². The minimum atomic E-state index is 0.851. The molecule has 1 aliphatic carbocycles. The number of aromatic nitrogens is 2. The van der Waals surface area contributed by atoms with Gasteiger partial charge in [-0.2, -0.15) is 0 Å². The third-order valence-electron chi connectivity index (χ3n) is 5.77. The van der Waals surface area contributed by atoms with Gasteiger partial charge < -0.3 is 9.88 Å². The van der Waals surface area contributed by atoms with Crippen LogP contribution in [0.1, 0.15) is 0 Å². The largest absolute Gasteiger partial charge is 0.354 e. The van der Waals surface area contributed by atoms with Gasteiger partial charge in [-0.3, -0.25) is 0 Å². The van der Waals surface area contributed by atoms with Gasteiger partial charge in [0.15, 0.2) is 0 Å². The van der Waals surface area contributed by atoms with Crippen molar-refractivity contribution in [3.8, 4) is 17.1 Å². The van der Waals surface area contributed by atoms with Crippen LogP contribution in [-0.4, -0.2) is 9.55 Å². The third-order valence-corrected chi connectivity index (χ3v) is 5.77. The molecule has 34 heavy (non-hydrogen) atoms. The second-order valence-electron chi connectivity index (χ2n) is 8.07. The Kier molecular flexibility index (Phi) is 5.09. The van der Waals surface area contributed by atoms with Crippen LogP contribution in [0.3, 0.4) is 0 Å². The molecular weight excluding hydrogens is 416 g/mol. The van der Waals surface area contributed by atoms with E-state index in [2.05, 4.69) is 76.6 Å². The molecule has 6 rings (SSSR count). The molecule has 1 aliphatic heterocycles. The first-order chi connectivity index (χ1) is 16.8. The zero-order chi connectivity index (χ0) is 22.7. The standard InChI is InChI=1S/C30H22N4/c1-4-12-22(13-5-1)31-26-20-28-30(21-27(26)32-23-14-6-2-7-15-23)34(24-16-8-3-9-17-24)29-19-11-10-18-25(29)33-28/h1-21,31H. The Morgan fingerprint density at radius 1 is 0.647 bits per heavy atom. The molecule has 4 aromatic carbocycles. The van der Waals surface area contributed by atoms with Crippen LogP contribution in [0.2, 0.25) is 0 Å². The normalized spacial score (nSPS) is 11.7. The molecule has 4 heteroatoms. The van der Waals surface area contributed by atoms with E-state index in [-0.39, 0.29) is 0 Å². The van der Waals surface area contributed by atoms with E-state index in [0.29, 0.717) is 0 Å². The number of nitrogens with one attached hydrogen (secondary N) is 1. The molecule has 1 heterocycles. The molecule has 0 amide bonds. The Labute approximate surface area is 197 Å². The van der Waals surface area contributed by atoms with Crippen LogP contribution >= 0.6 is 0 Å². The Bertz CT molecular complexity index is 1600. The van der Waals surface area contributed by atoms with Crippen molar-refractivity contribution in [2.24, 2.45) is 4.99 Å². The molecule has 4 nitrogen and oxygen atoms in total. The summed E-state index contributed by atoms with van der Waals surface area (Å²) >= 11 is 0. The van der Waals surface area contributed by atoms with Crippen LogP contribution in [0.5, 0.6) is 0 Å². The minimum absolute atomic E-state index is 0.851. The van der Waals surface area contributed by atoms with Gasteiger partial charge in [0.05, 0.1) is 39.2 Å². The number of anilines is 2. The summed E-state index contributed by atoms with van der Waals surface area (Å²) in [4.78, 5) is 10.0. The molecular formula is C30H22N4. The van der Waals surface area contributed by atoms with Gasteiger partial charge in [0.25, 0.3) is 0 Å². The van der Waals surface area contributed by atoms with E-state index in [1.807, 2.05) is 60.7 Å². The number of fused-ring (bicyclic) bond motifs is 2. The second-order valence-corrected chi connectivity index (χ2v) is 8.07. The van der Waals surface area contributed by atoms with Crippen molar-refractivity contribution in [1.29, 1.82) is 0 Å². The number of hydrogen-bond donors (Lipinski definition) is 1. The average molecular weight is 439 g/mol. The fourth-order valence-corrected chi connectivity index (χ4v) is 4.21. The predicted molar refractivity (Wildman–Crippen MR) is 139 cm³/mol. The molecule has 1 N–H and O–H groups in total. The topological polar surface area (TPSA) is 42.2 Å². The van der Waals surface area contributed by atoms with E-state index in [4.69, 9.17) is 9.98 Å². The first-order valence-corrected chi connectivity index (χ1v) is 11.3. The van der Waals surface area contributed by atoms with Crippen molar-refractivity contribution in [2.45, 2.75) is 0 Å². The summed E-state index contributed by atoms with van der Waals surface area (Å²) in [6, 6.07) is 43.0. The molecule has 0 fully saturated rings. The van der Waals surface area contributed by atoms with Crippen LogP contribution < -0.4 is 10.7 Å². The highest BCUT2D eigenvalue weighted by Gasteiger charge is 2.16. The van der Waals surface area contributed by atoms with Crippen molar-refractivity contribution in [3.05, 3.63) is 133 Å². The molecule has 2 aliphatic rings. The number of rotatable bonds is 4. The first kappa shape index (κ1) is 19.9. The van der Waals surface area contributed by atoms with E-state index in [1.165, 1.54) is 0 Å². The van der Waals surface area contributed by atoms with Crippen LogP contribution in [0.25, 0.3) is 28.1 Å². The summed E-state index contributed by atoms with van der Waals surface area (Å²) in [5.41, 5.74) is 7.78. The molecule has 0 saturated heterocycles. The lowest BCUT2D eigenvalue weighted by Crippen LogP contribution is -2.14. The van der Waals surface area contributed by atoms with Crippen molar-refractivity contribution >= 4 is 28.1 Å². The molecule has 0 unspecified atom stereocenters. The molecule has 0 spiro atoms. The van der Waals surface area contributed by atoms with E-state index in [9.17, 15) is 0 Å². The third kappa shape index (κ3) is 3.82. The monoisotopic (exact) mass is 438 g/mol. The summed E-state index contributed by atoms with van der Waals surface area (Å²) in [5.74, 6) is 0. The van der Waals surface area contributed by atoms with Crippen LogP contribution in [0, 0.1) is 0 Å². The molecule has 0 aromatic heterocycles. The Morgan fingerprint density at radius 2 is 1.29 bits per heavy atom. The van der Waals surface area contributed by atoms with E-state index in [0.717, 1.165) is 50.5 Å². The fourth-order valence-electron chi connectivity index (χ4n) is 4.21. The maximum atomic E-state index is 5.01. The van der Waals surface area contributed by atoms with Crippen LogP contribution in [0.15, 0.2) is 132 Å². The molecule has 0 saturated carbocycles. The highest BCUT2D eigenvalue weighted by atomic mass is 15.0. The maximum absolute atomic E-state index is 5.01. The van der Waals surface area contributed by atoms with Crippen LogP contribution in [-0.2, 0) is 0 Å². The zero-order valence-corrected chi connectivity index (χ0v) is 18.5. The average Bonchev–Trinajstić information content (AvgIpc) is 2.89. The van der Waals surface area contributed by atoms with Gasteiger partial charge in [0.1, 0.15) is 0 Å². The highest BCUT2D eigenvalue weighted by molar-refractivity contribution is 5.84. The van der Waals surface area contributed by atoms with Crippen molar-refractivity contribution in [3.63, 3.8) is 0 Å². The summed E-state index contributed by atoms with van der Waals surface area (Å²) in [5, 5.41) is 4.40. The van der Waals surface area contributed by atoms with Gasteiger partial charge in [-0.05, 0) is 60.7 Å². The number of benzene rings is 5. The van der Waals surface area contributed by atoms with E-state index >= 15 is 0 Å². The van der Waals surface area contributed by atoms with Gasteiger partial charge >= 0.3 is 0 Å². The Balaban J connectivity index is 1.68. The van der Waals surface area contributed by atoms with E-state index < -0.39 is 0 Å². The number of para-hydroxylation sites is 5. The lowest BCUT2D eigenvalue weighted by molar-refractivity contribution is 1.07. The van der Waals surface area contributed by atoms with Gasteiger partial charge in [-0.15, -0.1) is 0 Å². The van der Waals surface area contributed by atoms with Crippen molar-refractivity contribution in [2.75, 3.05) is 5.32 Å². The zero-order valence-electron chi connectivity index (χ0n) is 18.5. The summed E-state index contributed by atoms with van der Waals surface area (Å²) in [6.45, 7) is 0. The molecule has 0 atom stereocenters. The van der Waals surface area contributed by atoms with Crippen molar-refractivity contribution in [1.82, 2.24) is 9.55 Å². The summed E-state index contributed by atoms with van der Waals surface area (Å²) in [6.07, 6.45) is 0. The molecule has 0 bridgehead atoms. The number of nitrogens with zero attached hydrogens (tertiary/aromatic N) is 3. The number of hydrogen-bond acceptors (Lipinski definition) is 3. The van der Waals surface area contributed by atoms with E-state index in [1.54, 1.807) is 0 Å². The maximum Gasteiger partial charge on any atom is 0.0900 e. The summed E-state index contributed by atoms with van der Waals surface area (Å²) in [7, 11) is 0. The first-order valence-electron chi connectivity index (χ1n) is 11.3. The predicted octanol–water partition coefficient (Wildman–Crippen LogP) is 7.11.